The summed E-state index contributed by atoms with van der Waals surface area (Å²) in [6.07, 6.45) is 0. The highest BCUT2D eigenvalue weighted by Gasteiger charge is 2.48. The van der Waals surface area contributed by atoms with Crippen molar-refractivity contribution in [2.24, 2.45) is 0 Å². The molecule has 2 atom stereocenters. The summed E-state index contributed by atoms with van der Waals surface area (Å²) in [4.78, 5) is 0. The first-order chi connectivity index (χ1) is 10.6. The fourth-order valence-electron chi connectivity index (χ4n) is 1.98. The zero-order valence-electron chi connectivity index (χ0n) is 12.1. The molecule has 2 aromatic carbocycles. The molecule has 2 unspecified atom stereocenters. The molecule has 0 saturated heterocycles. The van der Waals surface area contributed by atoms with Crippen LogP contribution in [-0.4, -0.2) is 18.9 Å². The lowest BCUT2D eigenvalue weighted by Crippen LogP contribution is -2.28. The molecule has 0 saturated carbocycles. The summed E-state index contributed by atoms with van der Waals surface area (Å²) in [6.45, 7) is -1.26. The van der Waals surface area contributed by atoms with E-state index in [1.165, 1.54) is 12.1 Å². The SMILES string of the molecule is COP(=O)(C#Cc1ccccc1)C(O)(CF)c1ccccc1. The summed E-state index contributed by atoms with van der Waals surface area (Å²) in [6, 6.07) is 16.8. The molecule has 0 bridgehead atoms. The van der Waals surface area contributed by atoms with Crippen molar-refractivity contribution in [1.82, 2.24) is 0 Å². The lowest BCUT2D eigenvalue weighted by atomic mass is 10.1. The predicted octanol–water partition coefficient (Wildman–Crippen LogP) is 3.73. The summed E-state index contributed by atoms with van der Waals surface area (Å²) in [7, 11) is -2.83. The second kappa shape index (κ2) is 6.89. The third-order valence-electron chi connectivity index (χ3n) is 3.29. The Hall–Kier alpha value is -1.92. The molecule has 0 aliphatic rings. The molecular formula is C17H16FO3P. The third-order valence-corrected chi connectivity index (χ3v) is 5.56. The molecule has 0 radical (unpaired) electrons. The van der Waals surface area contributed by atoms with E-state index in [9.17, 15) is 14.1 Å². The van der Waals surface area contributed by atoms with Gasteiger partial charge in [0.15, 0.2) is 0 Å². The van der Waals surface area contributed by atoms with E-state index in [0.29, 0.717) is 5.56 Å². The first-order valence-corrected chi connectivity index (χ1v) is 8.26. The fourth-order valence-corrected chi connectivity index (χ4v) is 3.48. The molecule has 0 aliphatic carbocycles. The van der Waals surface area contributed by atoms with Crippen molar-refractivity contribution in [2.75, 3.05) is 13.8 Å². The van der Waals surface area contributed by atoms with Gasteiger partial charge in [0.2, 0.25) is 5.34 Å². The normalized spacial score (nSPS) is 16.0. The van der Waals surface area contributed by atoms with Gasteiger partial charge in [-0.05, 0) is 23.4 Å². The average molecular weight is 318 g/mol. The first-order valence-electron chi connectivity index (χ1n) is 6.64. The third kappa shape index (κ3) is 3.13. The lowest BCUT2D eigenvalue weighted by Gasteiger charge is -2.29. The molecule has 0 heterocycles. The number of hydrogen-bond donors (Lipinski definition) is 1. The van der Waals surface area contributed by atoms with Gasteiger partial charge in [-0.1, -0.05) is 54.5 Å². The van der Waals surface area contributed by atoms with Crippen LogP contribution in [0.25, 0.3) is 0 Å². The van der Waals surface area contributed by atoms with Crippen molar-refractivity contribution < 1.29 is 18.6 Å². The van der Waals surface area contributed by atoms with Gasteiger partial charge >= 0.3 is 7.37 Å². The van der Waals surface area contributed by atoms with Gasteiger partial charge in [-0.3, -0.25) is 4.57 Å². The molecule has 0 fully saturated rings. The Labute approximate surface area is 129 Å². The van der Waals surface area contributed by atoms with Crippen molar-refractivity contribution in [3.63, 3.8) is 0 Å². The van der Waals surface area contributed by atoms with Crippen molar-refractivity contribution in [1.29, 1.82) is 0 Å². The largest absolute Gasteiger partial charge is 0.372 e. The molecule has 0 aliphatic heterocycles. The van der Waals surface area contributed by atoms with Gasteiger partial charge in [0, 0.05) is 12.7 Å². The summed E-state index contributed by atoms with van der Waals surface area (Å²) in [5.74, 6) is 2.68. The van der Waals surface area contributed by atoms with E-state index in [1.54, 1.807) is 42.5 Å². The Bertz CT molecular complexity index is 722. The topological polar surface area (TPSA) is 46.5 Å². The molecule has 0 spiro atoms. The second-order valence-corrected chi connectivity index (χ2v) is 7.08. The fraction of sp³-hybridized carbons (Fsp3) is 0.176. The van der Waals surface area contributed by atoms with E-state index in [2.05, 4.69) is 11.6 Å². The highest BCUT2D eigenvalue weighted by Crippen LogP contribution is 2.61. The smallest absolute Gasteiger partial charge is 0.311 e. The number of rotatable bonds is 4. The van der Waals surface area contributed by atoms with Crippen LogP contribution >= 0.6 is 7.37 Å². The zero-order valence-corrected chi connectivity index (χ0v) is 13.0. The maximum atomic E-state index is 13.6. The molecule has 2 rings (SSSR count). The van der Waals surface area contributed by atoms with Gasteiger partial charge in [-0.25, -0.2) is 4.39 Å². The maximum absolute atomic E-state index is 13.6. The Morgan fingerprint density at radius 1 is 1.14 bits per heavy atom. The van der Waals surface area contributed by atoms with E-state index in [4.69, 9.17) is 4.52 Å². The molecule has 2 aromatic rings. The summed E-state index contributed by atoms with van der Waals surface area (Å²) in [5, 5.41) is 8.34. The van der Waals surface area contributed by atoms with Crippen LogP contribution in [-0.2, 0) is 14.4 Å². The van der Waals surface area contributed by atoms with Crippen LogP contribution in [0.5, 0.6) is 0 Å². The number of hydrogen-bond acceptors (Lipinski definition) is 3. The molecule has 3 nitrogen and oxygen atoms in total. The molecule has 5 heteroatoms. The zero-order chi connectivity index (χ0) is 16.1. The van der Waals surface area contributed by atoms with E-state index in [1.807, 2.05) is 6.07 Å². The van der Waals surface area contributed by atoms with Gasteiger partial charge < -0.3 is 9.63 Å². The van der Waals surface area contributed by atoms with Crippen LogP contribution in [0, 0.1) is 11.6 Å². The minimum Gasteiger partial charge on any atom is -0.372 e. The van der Waals surface area contributed by atoms with Gasteiger partial charge in [0.1, 0.15) is 6.67 Å². The molecule has 114 valence electrons. The standard InChI is InChI=1S/C17H16FO3P/c1-21-22(20,13-12-15-8-4-2-5-9-15)17(19,14-18)16-10-6-3-7-11-16/h2-11,19H,14H2,1H3. The van der Waals surface area contributed by atoms with Crippen molar-refractivity contribution in [3.8, 4) is 11.6 Å². The maximum Gasteiger partial charge on any atom is 0.311 e. The number of aliphatic hydroxyl groups is 1. The molecule has 1 N–H and O–H groups in total. The quantitative estimate of drug-likeness (QED) is 0.690. The highest BCUT2D eigenvalue weighted by atomic mass is 31.2. The van der Waals surface area contributed by atoms with E-state index in [-0.39, 0.29) is 5.56 Å². The van der Waals surface area contributed by atoms with Gasteiger partial charge in [0.25, 0.3) is 0 Å². The molecule has 0 amide bonds. The van der Waals surface area contributed by atoms with Gasteiger partial charge in [0.05, 0.1) is 0 Å². The lowest BCUT2D eigenvalue weighted by molar-refractivity contribution is 0.0777. The van der Waals surface area contributed by atoms with Crippen molar-refractivity contribution in [3.05, 3.63) is 71.8 Å². The van der Waals surface area contributed by atoms with Crippen molar-refractivity contribution in [2.45, 2.75) is 5.34 Å². The molecule has 22 heavy (non-hydrogen) atoms. The van der Waals surface area contributed by atoms with Crippen LogP contribution < -0.4 is 0 Å². The van der Waals surface area contributed by atoms with Crippen LogP contribution in [0.1, 0.15) is 11.1 Å². The van der Waals surface area contributed by atoms with E-state index in [0.717, 1.165) is 7.11 Å². The Balaban J connectivity index is 2.48. The summed E-state index contributed by atoms with van der Waals surface area (Å²) >= 11 is 0. The molecular weight excluding hydrogens is 302 g/mol. The Morgan fingerprint density at radius 2 is 1.68 bits per heavy atom. The van der Waals surface area contributed by atoms with Crippen LogP contribution in [0.3, 0.4) is 0 Å². The predicted molar refractivity (Wildman–Crippen MR) is 84.2 cm³/mol. The van der Waals surface area contributed by atoms with Crippen LogP contribution in [0.15, 0.2) is 60.7 Å². The Kier molecular flexibility index (Phi) is 5.15. The van der Waals surface area contributed by atoms with E-state index >= 15 is 0 Å². The monoisotopic (exact) mass is 318 g/mol. The second-order valence-electron chi connectivity index (χ2n) is 4.65. The number of benzene rings is 2. The minimum atomic E-state index is -3.99. The number of alkyl halides is 1. The summed E-state index contributed by atoms with van der Waals surface area (Å²) in [5.41, 5.74) is 3.22. The van der Waals surface area contributed by atoms with Crippen LogP contribution in [0.2, 0.25) is 0 Å². The summed E-state index contributed by atoms with van der Waals surface area (Å²) < 4.78 is 31.5. The van der Waals surface area contributed by atoms with Gasteiger partial charge in [-0.15, -0.1) is 0 Å². The number of halogens is 1. The average Bonchev–Trinajstić information content (AvgIpc) is 2.60. The molecule has 0 aromatic heterocycles. The van der Waals surface area contributed by atoms with Gasteiger partial charge in [-0.2, -0.15) is 0 Å². The highest BCUT2D eigenvalue weighted by molar-refractivity contribution is 7.65. The first kappa shape index (κ1) is 16.5. The van der Waals surface area contributed by atoms with E-state index < -0.39 is 19.4 Å². The van der Waals surface area contributed by atoms with Crippen LogP contribution in [0.4, 0.5) is 4.39 Å². The Morgan fingerprint density at radius 3 is 2.18 bits per heavy atom. The minimum absolute atomic E-state index is 0.171. The van der Waals surface area contributed by atoms with Crippen molar-refractivity contribution >= 4 is 7.37 Å².